The number of pyridine rings is 1. The Kier molecular flexibility index (Phi) is 4.69. The number of nitro groups is 1. The lowest BCUT2D eigenvalue weighted by atomic mass is 9.95. The van der Waals surface area contributed by atoms with E-state index in [2.05, 4.69) is 0 Å². The second kappa shape index (κ2) is 6.71. The van der Waals surface area contributed by atoms with Gasteiger partial charge < -0.3 is 16.3 Å². The van der Waals surface area contributed by atoms with Crippen molar-refractivity contribution in [1.82, 2.24) is 4.68 Å². The number of hydrogen-bond acceptors (Lipinski definition) is 8. The van der Waals surface area contributed by atoms with Gasteiger partial charge in [0, 0.05) is 17.7 Å². The molecule has 0 unspecified atom stereocenters. The Balaban J connectivity index is 2.95. The van der Waals surface area contributed by atoms with Crippen molar-refractivity contribution in [2.75, 3.05) is 18.2 Å². The van der Waals surface area contributed by atoms with Gasteiger partial charge in [-0.2, -0.15) is 5.26 Å². The van der Waals surface area contributed by atoms with Crippen LogP contribution < -0.4 is 17.1 Å². The van der Waals surface area contributed by atoms with E-state index in [1.807, 2.05) is 0 Å². The molecule has 0 amide bonds. The van der Waals surface area contributed by atoms with Crippen molar-refractivity contribution < 1.29 is 14.5 Å². The van der Waals surface area contributed by atoms with Gasteiger partial charge in [-0.05, 0) is 12.5 Å². The van der Waals surface area contributed by atoms with Crippen LogP contribution in [0.5, 0.6) is 0 Å². The highest BCUT2D eigenvalue weighted by molar-refractivity contribution is 6.03. The maximum absolute atomic E-state index is 12.3. The number of esters is 1. The van der Waals surface area contributed by atoms with Gasteiger partial charge >= 0.3 is 5.97 Å². The van der Waals surface area contributed by atoms with Gasteiger partial charge in [0.15, 0.2) is 0 Å². The van der Waals surface area contributed by atoms with Crippen LogP contribution >= 0.6 is 0 Å². The summed E-state index contributed by atoms with van der Waals surface area (Å²) >= 11 is 0. The van der Waals surface area contributed by atoms with Gasteiger partial charge in [0.05, 0.1) is 11.5 Å². The third-order valence-corrected chi connectivity index (χ3v) is 3.39. The van der Waals surface area contributed by atoms with E-state index in [4.69, 9.17) is 16.3 Å². The quantitative estimate of drug-likeness (QED) is 0.355. The molecule has 1 aromatic carbocycles. The van der Waals surface area contributed by atoms with Crippen LogP contribution in [0.25, 0.3) is 11.1 Å². The van der Waals surface area contributed by atoms with Gasteiger partial charge in [0.2, 0.25) is 0 Å². The van der Waals surface area contributed by atoms with Crippen molar-refractivity contribution in [3.05, 3.63) is 55.9 Å². The monoisotopic (exact) mass is 343 g/mol. The van der Waals surface area contributed by atoms with E-state index in [-0.39, 0.29) is 29.0 Å². The normalized spacial score (nSPS) is 10.1. The van der Waals surface area contributed by atoms with Gasteiger partial charge in [0.25, 0.3) is 11.2 Å². The zero-order chi connectivity index (χ0) is 18.7. The van der Waals surface area contributed by atoms with E-state index in [0.29, 0.717) is 4.68 Å². The highest BCUT2D eigenvalue weighted by Crippen LogP contribution is 2.31. The van der Waals surface area contributed by atoms with E-state index in [0.717, 1.165) is 6.07 Å². The first-order valence-corrected chi connectivity index (χ1v) is 6.99. The van der Waals surface area contributed by atoms with Crippen molar-refractivity contribution in [3.63, 3.8) is 0 Å². The van der Waals surface area contributed by atoms with Crippen LogP contribution in [0.4, 0.5) is 11.5 Å². The number of ether oxygens (including phenoxy) is 1. The fraction of sp³-hybridized carbons (Fsp3) is 0.133. The summed E-state index contributed by atoms with van der Waals surface area (Å²) in [6, 6.07) is 6.79. The number of aromatic nitrogens is 1. The van der Waals surface area contributed by atoms with Gasteiger partial charge in [-0.15, -0.1) is 0 Å². The molecule has 0 aliphatic carbocycles. The van der Waals surface area contributed by atoms with E-state index in [1.54, 1.807) is 13.0 Å². The first kappa shape index (κ1) is 17.5. The number of rotatable bonds is 4. The average Bonchev–Trinajstić information content (AvgIpc) is 2.59. The minimum atomic E-state index is -0.936. The van der Waals surface area contributed by atoms with Crippen LogP contribution in [0, 0.1) is 21.4 Å². The lowest BCUT2D eigenvalue weighted by Crippen LogP contribution is -2.34. The van der Waals surface area contributed by atoms with E-state index in [9.17, 15) is 25.0 Å². The molecule has 1 heterocycles. The van der Waals surface area contributed by atoms with E-state index < -0.39 is 27.8 Å². The van der Waals surface area contributed by atoms with Crippen LogP contribution in [0.1, 0.15) is 22.8 Å². The predicted molar refractivity (Wildman–Crippen MR) is 88.0 cm³/mol. The molecule has 0 fully saturated rings. The summed E-state index contributed by atoms with van der Waals surface area (Å²) in [4.78, 5) is 34.9. The molecule has 0 radical (unpaired) electrons. The fourth-order valence-electron chi connectivity index (χ4n) is 2.29. The van der Waals surface area contributed by atoms with Crippen LogP contribution in [0.15, 0.2) is 29.1 Å². The molecule has 0 spiro atoms. The summed E-state index contributed by atoms with van der Waals surface area (Å²) in [5.41, 5.74) is 3.71. The summed E-state index contributed by atoms with van der Waals surface area (Å²) in [5, 5.41) is 20.3. The molecular weight excluding hydrogens is 330 g/mol. The van der Waals surface area contributed by atoms with Crippen molar-refractivity contribution in [2.45, 2.75) is 6.92 Å². The third kappa shape index (κ3) is 2.98. The predicted octanol–water partition coefficient (Wildman–Crippen LogP) is 0.768. The molecule has 1 aromatic heterocycles. The Morgan fingerprint density at radius 2 is 2.16 bits per heavy atom. The van der Waals surface area contributed by atoms with Crippen molar-refractivity contribution in [1.29, 1.82) is 5.26 Å². The number of nitriles is 1. The fourth-order valence-corrected chi connectivity index (χ4v) is 2.29. The maximum atomic E-state index is 12.3. The highest BCUT2D eigenvalue weighted by Gasteiger charge is 2.27. The Labute approximate surface area is 141 Å². The molecule has 10 heteroatoms. The van der Waals surface area contributed by atoms with Crippen LogP contribution in [-0.2, 0) is 4.74 Å². The molecule has 128 valence electrons. The number of anilines is 1. The second-order valence-corrected chi connectivity index (χ2v) is 4.83. The molecule has 0 aliphatic rings. The minimum Gasteiger partial charge on any atom is -0.462 e. The Bertz CT molecular complexity index is 973. The number of nitro benzene ring substituents is 1. The average molecular weight is 343 g/mol. The molecule has 2 aromatic rings. The Morgan fingerprint density at radius 3 is 2.72 bits per heavy atom. The molecule has 0 saturated heterocycles. The van der Waals surface area contributed by atoms with Gasteiger partial charge in [0.1, 0.15) is 23.0 Å². The Hall–Kier alpha value is -3.87. The molecule has 0 aliphatic heterocycles. The standard InChI is InChI=1S/C15H13N5O5/c1-2-25-15(22)12-11(8-4-3-5-9(6-8)20(23)24)10(7-16)14(21)19(18)13(12)17/h3-6H,2,17-18H2,1H3. The largest absolute Gasteiger partial charge is 0.462 e. The molecule has 25 heavy (non-hydrogen) atoms. The van der Waals surface area contributed by atoms with Crippen molar-refractivity contribution in [2.24, 2.45) is 0 Å². The van der Waals surface area contributed by atoms with Gasteiger partial charge in [-0.1, -0.05) is 12.1 Å². The first-order chi connectivity index (χ1) is 11.8. The first-order valence-electron chi connectivity index (χ1n) is 6.99. The number of carbonyl (C=O) groups is 1. The molecule has 0 bridgehead atoms. The lowest BCUT2D eigenvalue weighted by Gasteiger charge is -2.15. The van der Waals surface area contributed by atoms with Crippen LogP contribution in [-0.4, -0.2) is 22.2 Å². The summed E-state index contributed by atoms with van der Waals surface area (Å²) in [5.74, 6) is 4.21. The number of benzene rings is 1. The molecule has 0 atom stereocenters. The maximum Gasteiger partial charge on any atom is 0.342 e. The van der Waals surface area contributed by atoms with Crippen molar-refractivity contribution in [3.8, 4) is 17.2 Å². The van der Waals surface area contributed by atoms with E-state index in [1.165, 1.54) is 18.2 Å². The van der Waals surface area contributed by atoms with Gasteiger partial charge in [-0.25, -0.2) is 9.47 Å². The number of nitrogen functional groups attached to an aromatic ring is 2. The lowest BCUT2D eigenvalue weighted by molar-refractivity contribution is -0.384. The van der Waals surface area contributed by atoms with Gasteiger partial charge in [-0.3, -0.25) is 14.9 Å². The topological polar surface area (TPSA) is 167 Å². The molecular formula is C15H13N5O5. The van der Waals surface area contributed by atoms with Crippen molar-refractivity contribution >= 4 is 17.5 Å². The zero-order valence-corrected chi connectivity index (χ0v) is 13.1. The number of nitrogens with two attached hydrogens (primary N) is 2. The summed E-state index contributed by atoms with van der Waals surface area (Å²) in [6.45, 7) is 1.57. The Morgan fingerprint density at radius 1 is 1.48 bits per heavy atom. The SMILES string of the molecule is CCOC(=O)c1c(-c2cccc([N+](=O)[O-])c2)c(C#N)c(=O)n(N)c1N. The summed E-state index contributed by atoms with van der Waals surface area (Å²) < 4.78 is 5.37. The van der Waals surface area contributed by atoms with Crippen LogP contribution in [0.2, 0.25) is 0 Å². The van der Waals surface area contributed by atoms with E-state index >= 15 is 0 Å². The summed E-state index contributed by atoms with van der Waals surface area (Å²) in [7, 11) is 0. The molecule has 0 saturated carbocycles. The second-order valence-electron chi connectivity index (χ2n) is 4.83. The highest BCUT2D eigenvalue weighted by atomic mass is 16.6. The number of nitrogens with zero attached hydrogens (tertiary/aromatic N) is 3. The molecule has 2 rings (SSSR count). The third-order valence-electron chi connectivity index (χ3n) is 3.39. The minimum absolute atomic E-state index is 0.0121. The zero-order valence-electron chi connectivity index (χ0n) is 13.1. The molecule has 4 N–H and O–H groups in total. The molecule has 10 nitrogen and oxygen atoms in total. The smallest absolute Gasteiger partial charge is 0.342 e. The number of carbonyl (C=O) groups excluding carboxylic acids is 1. The summed E-state index contributed by atoms with van der Waals surface area (Å²) in [6.07, 6.45) is 0. The van der Waals surface area contributed by atoms with Crippen LogP contribution in [0.3, 0.4) is 0 Å². The number of hydrogen-bond donors (Lipinski definition) is 2. The number of non-ortho nitro benzene ring substituents is 1.